The molecule has 0 unspecified atom stereocenters. The van der Waals surface area contributed by atoms with Crippen molar-refractivity contribution in [3.63, 3.8) is 0 Å². The highest BCUT2D eigenvalue weighted by Gasteiger charge is 2.46. The van der Waals surface area contributed by atoms with Crippen LogP contribution in [0.4, 0.5) is 19.2 Å². The average Bonchev–Trinajstić information content (AvgIpc) is 3.45. The minimum Gasteiger partial charge on any atom is -0.481 e. The Kier molecular flexibility index (Phi) is 13.7. The number of piperazine rings is 2. The molecule has 4 heterocycles. The molecule has 4 aliphatic rings. The van der Waals surface area contributed by atoms with Crippen molar-refractivity contribution in [2.24, 2.45) is 10.8 Å². The number of aliphatic carboxylic acids is 1. The molecule has 4 fully saturated rings. The fourth-order valence-corrected chi connectivity index (χ4v) is 6.22. The first-order valence-corrected chi connectivity index (χ1v) is 17.3. The van der Waals surface area contributed by atoms with Crippen LogP contribution in [0.25, 0.3) is 0 Å². The highest BCUT2D eigenvalue weighted by atomic mass is 16.6. The molecule has 4 saturated heterocycles. The average molecular weight is 727 g/mol. The smallest absolute Gasteiger partial charge is 0.410 e. The van der Waals surface area contributed by atoms with Crippen molar-refractivity contribution < 1.29 is 48.1 Å². The predicted molar refractivity (Wildman–Crippen MR) is 189 cm³/mol. The van der Waals surface area contributed by atoms with E-state index in [1.165, 1.54) is 0 Å². The van der Waals surface area contributed by atoms with Crippen LogP contribution in [0.2, 0.25) is 0 Å². The molecule has 2 atom stereocenters. The second-order valence-corrected chi connectivity index (χ2v) is 16.7. The Labute approximate surface area is 303 Å². The summed E-state index contributed by atoms with van der Waals surface area (Å²) in [6.07, 6.45) is -0.728. The van der Waals surface area contributed by atoms with E-state index in [9.17, 15) is 33.9 Å². The summed E-state index contributed by atoms with van der Waals surface area (Å²) in [5, 5.41) is 9.25. The second-order valence-electron chi connectivity index (χ2n) is 16.7. The number of hydrogen-bond donors (Lipinski definition) is 1. The van der Waals surface area contributed by atoms with Crippen LogP contribution >= 0.6 is 0 Å². The first kappa shape index (κ1) is 43.2. The van der Waals surface area contributed by atoms with Gasteiger partial charge in [-0.2, -0.15) is 0 Å². The number of carboxylic acids is 1. The molecule has 0 radical (unpaired) electrons. The SMILES string of the molecule is C.CC(C)(C)OC(=O)N1CCN2C(=O)N(CC(C)(C)C(=O)O)C[C@@H]2C1.CCOC(=O)C(C)(C)CN1C[C@@H]2CN(C(=O)OC(C)(C)C)CCN2C1=O. The van der Waals surface area contributed by atoms with E-state index in [0.29, 0.717) is 65.5 Å². The normalized spacial score (nSPS) is 20.9. The van der Waals surface area contributed by atoms with Crippen LogP contribution in [0.15, 0.2) is 0 Å². The van der Waals surface area contributed by atoms with Crippen molar-refractivity contribution in [1.82, 2.24) is 29.4 Å². The van der Waals surface area contributed by atoms with Gasteiger partial charge in [0.1, 0.15) is 11.2 Å². The van der Waals surface area contributed by atoms with Gasteiger partial charge in [0.05, 0.1) is 29.5 Å². The number of urea groups is 2. The van der Waals surface area contributed by atoms with Gasteiger partial charge in [0, 0.05) is 65.4 Å². The number of carbonyl (C=O) groups is 6. The third kappa shape index (κ3) is 11.3. The lowest BCUT2D eigenvalue weighted by molar-refractivity contribution is -0.154. The van der Waals surface area contributed by atoms with Crippen LogP contribution in [0.3, 0.4) is 0 Å². The predicted octanol–water partition coefficient (Wildman–Crippen LogP) is 4.02. The van der Waals surface area contributed by atoms with E-state index in [0.717, 1.165) is 0 Å². The number of rotatable bonds is 7. The Balaban J connectivity index is 0.000000348. The molecule has 0 aromatic rings. The molecular weight excluding hydrogens is 664 g/mol. The van der Waals surface area contributed by atoms with Gasteiger partial charge in [-0.15, -0.1) is 0 Å². The van der Waals surface area contributed by atoms with E-state index in [1.807, 2.05) is 41.5 Å². The molecule has 0 bridgehead atoms. The van der Waals surface area contributed by atoms with Crippen LogP contribution in [0, 0.1) is 10.8 Å². The van der Waals surface area contributed by atoms with E-state index in [4.69, 9.17) is 14.2 Å². The molecule has 0 aromatic carbocycles. The van der Waals surface area contributed by atoms with E-state index in [1.54, 1.807) is 64.0 Å². The Morgan fingerprint density at radius 2 is 1.02 bits per heavy atom. The molecule has 0 aromatic heterocycles. The summed E-state index contributed by atoms with van der Waals surface area (Å²) in [7, 11) is 0. The van der Waals surface area contributed by atoms with Crippen molar-refractivity contribution in [3.05, 3.63) is 0 Å². The lowest BCUT2D eigenvalue weighted by atomic mass is 9.93. The van der Waals surface area contributed by atoms with Gasteiger partial charge < -0.3 is 48.7 Å². The molecule has 16 heteroatoms. The number of hydrogen-bond acceptors (Lipinski definition) is 9. The van der Waals surface area contributed by atoms with E-state index < -0.39 is 28.0 Å². The molecule has 1 N–H and O–H groups in total. The summed E-state index contributed by atoms with van der Waals surface area (Å²) in [5.41, 5.74) is -2.88. The molecule has 0 aliphatic carbocycles. The molecule has 4 rings (SSSR count). The first-order valence-electron chi connectivity index (χ1n) is 17.3. The summed E-state index contributed by atoms with van der Waals surface area (Å²) in [4.78, 5) is 83.0. The summed E-state index contributed by atoms with van der Waals surface area (Å²) >= 11 is 0. The molecule has 0 saturated carbocycles. The number of esters is 1. The number of fused-ring (bicyclic) bond motifs is 2. The zero-order chi connectivity index (χ0) is 38.0. The van der Waals surface area contributed by atoms with E-state index >= 15 is 0 Å². The largest absolute Gasteiger partial charge is 0.481 e. The van der Waals surface area contributed by atoms with Crippen molar-refractivity contribution in [1.29, 1.82) is 0 Å². The molecular formula is C35H62N6O10. The quantitative estimate of drug-likeness (QED) is 0.299. The van der Waals surface area contributed by atoms with E-state index in [-0.39, 0.29) is 56.3 Å². The summed E-state index contributed by atoms with van der Waals surface area (Å²) in [5.74, 6) is -1.25. The third-order valence-corrected chi connectivity index (χ3v) is 8.74. The van der Waals surface area contributed by atoms with Gasteiger partial charge in [-0.3, -0.25) is 9.59 Å². The lowest BCUT2D eigenvalue weighted by Crippen LogP contribution is -2.54. The molecule has 6 amide bonds. The molecule has 16 nitrogen and oxygen atoms in total. The first-order chi connectivity index (χ1) is 22.8. The van der Waals surface area contributed by atoms with Gasteiger partial charge in [-0.05, 0) is 76.2 Å². The Bertz CT molecular complexity index is 1310. The second kappa shape index (κ2) is 16.1. The van der Waals surface area contributed by atoms with Crippen LogP contribution in [0.5, 0.6) is 0 Å². The number of nitrogens with zero attached hydrogens (tertiary/aromatic N) is 6. The topological polar surface area (TPSA) is 170 Å². The highest BCUT2D eigenvalue weighted by Crippen LogP contribution is 2.28. The van der Waals surface area contributed by atoms with Crippen molar-refractivity contribution >= 4 is 36.2 Å². The molecule has 4 aliphatic heterocycles. The summed E-state index contributed by atoms with van der Waals surface area (Å²) in [6, 6.07) is -0.445. The minimum absolute atomic E-state index is 0. The van der Waals surface area contributed by atoms with Crippen molar-refractivity contribution in [2.45, 2.75) is 107 Å². The third-order valence-electron chi connectivity index (χ3n) is 8.74. The van der Waals surface area contributed by atoms with Crippen molar-refractivity contribution in [3.8, 4) is 0 Å². The van der Waals surface area contributed by atoms with Gasteiger partial charge >= 0.3 is 36.2 Å². The highest BCUT2D eigenvalue weighted by molar-refractivity contribution is 5.81. The van der Waals surface area contributed by atoms with Crippen LogP contribution in [-0.2, 0) is 23.8 Å². The number of carbonyl (C=O) groups excluding carboxylic acids is 5. The Hall–Kier alpha value is -3.98. The van der Waals surface area contributed by atoms with E-state index in [2.05, 4.69) is 0 Å². The van der Waals surface area contributed by atoms with Gasteiger partial charge in [0.15, 0.2) is 0 Å². The maximum atomic E-state index is 12.7. The lowest BCUT2D eigenvalue weighted by Gasteiger charge is -2.37. The minimum atomic E-state index is -1.00. The van der Waals surface area contributed by atoms with Crippen LogP contribution in [0.1, 0.15) is 83.6 Å². The zero-order valence-electron chi connectivity index (χ0n) is 31.7. The monoisotopic (exact) mass is 726 g/mol. The fraction of sp³-hybridized carbons (Fsp3) is 0.829. The summed E-state index contributed by atoms with van der Waals surface area (Å²) < 4.78 is 15.9. The maximum Gasteiger partial charge on any atom is 0.410 e. The fourth-order valence-electron chi connectivity index (χ4n) is 6.22. The molecule has 292 valence electrons. The number of ether oxygens (including phenoxy) is 3. The molecule has 0 spiro atoms. The van der Waals surface area contributed by atoms with Crippen LogP contribution < -0.4 is 0 Å². The Morgan fingerprint density at radius 1 is 0.647 bits per heavy atom. The Morgan fingerprint density at radius 3 is 1.35 bits per heavy atom. The van der Waals surface area contributed by atoms with Gasteiger partial charge in [0.2, 0.25) is 0 Å². The van der Waals surface area contributed by atoms with Gasteiger partial charge in [0.25, 0.3) is 0 Å². The maximum absolute atomic E-state index is 12.7. The van der Waals surface area contributed by atoms with Crippen molar-refractivity contribution in [2.75, 3.05) is 72.1 Å². The molecule has 51 heavy (non-hydrogen) atoms. The van der Waals surface area contributed by atoms with Gasteiger partial charge in [-0.25, -0.2) is 19.2 Å². The van der Waals surface area contributed by atoms with Crippen LogP contribution in [-0.4, -0.2) is 166 Å². The number of carboxylic acid groups (broad SMARTS) is 1. The summed E-state index contributed by atoms with van der Waals surface area (Å²) in [6.45, 7) is 23.8. The van der Waals surface area contributed by atoms with Gasteiger partial charge in [-0.1, -0.05) is 7.43 Å². The zero-order valence-corrected chi connectivity index (χ0v) is 31.7. The number of amides is 6. The standard InChI is InChI=1S/C18H31N3O5.C16H27N3O5.CH4/c1-7-25-14(22)18(5,6)12-20-11-13-10-19(8-9-21(13)15(20)23)16(24)26-17(2,3)4;1-15(2,3)24-14(23)17-6-7-19-11(8-17)9-18(13(19)22)10-16(4,5)12(20)21;/h13H,7-12H2,1-6H3;11H,6-10H2,1-5H3,(H,20,21);1H4/t13-;11-;/m00./s1.